The van der Waals surface area contributed by atoms with Crippen molar-refractivity contribution in [1.82, 2.24) is 10.2 Å². The zero-order chi connectivity index (χ0) is 17.2. The molecule has 23 heavy (non-hydrogen) atoms. The van der Waals surface area contributed by atoms with Crippen molar-refractivity contribution in [2.75, 3.05) is 40.4 Å². The average Bonchev–Trinajstić information content (AvgIpc) is 2.52. The standard InChI is InChI=1S/C16H24F2N2O3/c1-12(23-13-5-6-14(17)15(18)11-13)16(21)19-7-4-8-20(2)9-10-22-3/h5-6,11-12H,4,7-10H2,1-3H3,(H,19,21)/t12-/m0/s1. The summed E-state index contributed by atoms with van der Waals surface area (Å²) in [5, 5.41) is 2.75. The number of nitrogens with zero attached hydrogens (tertiary/aromatic N) is 1. The van der Waals surface area contributed by atoms with E-state index in [-0.39, 0.29) is 11.7 Å². The Bertz CT molecular complexity index is 500. The maximum absolute atomic E-state index is 13.1. The van der Waals surface area contributed by atoms with E-state index >= 15 is 0 Å². The molecule has 7 heteroatoms. The van der Waals surface area contributed by atoms with Crippen LogP contribution in [0.3, 0.4) is 0 Å². The molecule has 1 amide bonds. The molecule has 0 radical (unpaired) electrons. The van der Waals surface area contributed by atoms with Crippen LogP contribution in [0.4, 0.5) is 8.78 Å². The first-order valence-electron chi connectivity index (χ1n) is 7.51. The highest BCUT2D eigenvalue weighted by molar-refractivity contribution is 5.80. The Hall–Kier alpha value is -1.73. The summed E-state index contributed by atoms with van der Waals surface area (Å²) in [6, 6.07) is 3.17. The highest BCUT2D eigenvalue weighted by Gasteiger charge is 2.15. The molecule has 0 aliphatic rings. The number of likely N-dealkylation sites (N-methyl/N-ethyl adjacent to an activating group) is 1. The van der Waals surface area contributed by atoms with Crippen molar-refractivity contribution in [3.05, 3.63) is 29.8 Å². The number of rotatable bonds is 10. The minimum atomic E-state index is -1.01. The zero-order valence-electron chi connectivity index (χ0n) is 13.8. The van der Waals surface area contributed by atoms with Gasteiger partial charge in [0.05, 0.1) is 6.61 Å². The molecule has 1 atom stereocenters. The van der Waals surface area contributed by atoms with Crippen LogP contribution in [0.15, 0.2) is 18.2 Å². The van der Waals surface area contributed by atoms with Gasteiger partial charge in [0.25, 0.3) is 5.91 Å². The maximum Gasteiger partial charge on any atom is 0.260 e. The molecule has 0 bridgehead atoms. The van der Waals surface area contributed by atoms with E-state index in [2.05, 4.69) is 10.2 Å². The molecule has 0 saturated heterocycles. The van der Waals surface area contributed by atoms with Crippen molar-refractivity contribution in [3.8, 4) is 5.75 Å². The lowest BCUT2D eigenvalue weighted by molar-refractivity contribution is -0.127. The van der Waals surface area contributed by atoms with Gasteiger partial charge in [-0.3, -0.25) is 4.79 Å². The number of amides is 1. The van der Waals surface area contributed by atoms with Crippen molar-refractivity contribution in [1.29, 1.82) is 0 Å². The number of carbonyl (C=O) groups excluding carboxylic acids is 1. The second-order valence-electron chi connectivity index (χ2n) is 5.28. The van der Waals surface area contributed by atoms with Gasteiger partial charge in [0.2, 0.25) is 0 Å². The SMILES string of the molecule is COCCN(C)CCCNC(=O)[C@H](C)Oc1ccc(F)c(F)c1. The molecule has 0 fully saturated rings. The highest BCUT2D eigenvalue weighted by Crippen LogP contribution is 2.16. The predicted molar refractivity (Wildman–Crippen MR) is 83.4 cm³/mol. The lowest BCUT2D eigenvalue weighted by Crippen LogP contribution is -2.37. The first-order chi connectivity index (χ1) is 10.9. The average molecular weight is 330 g/mol. The molecule has 1 rings (SSSR count). The Morgan fingerprint density at radius 2 is 2.04 bits per heavy atom. The number of nitrogens with one attached hydrogen (secondary N) is 1. The topological polar surface area (TPSA) is 50.8 Å². The minimum Gasteiger partial charge on any atom is -0.481 e. The van der Waals surface area contributed by atoms with Crippen LogP contribution >= 0.6 is 0 Å². The fraction of sp³-hybridized carbons (Fsp3) is 0.562. The van der Waals surface area contributed by atoms with Crippen LogP contribution in [0.1, 0.15) is 13.3 Å². The second-order valence-corrected chi connectivity index (χ2v) is 5.28. The summed E-state index contributed by atoms with van der Waals surface area (Å²) < 4.78 is 36.2. The van der Waals surface area contributed by atoms with Crippen molar-refractivity contribution in [2.24, 2.45) is 0 Å². The number of benzene rings is 1. The number of halogens is 2. The number of hydrogen-bond donors (Lipinski definition) is 1. The summed E-state index contributed by atoms with van der Waals surface area (Å²) in [4.78, 5) is 14.0. The lowest BCUT2D eigenvalue weighted by Gasteiger charge is -2.17. The Labute approximate surface area is 135 Å². The van der Waals surface area contributed by atoms with Crippen LogP contribution in [-0.4, -0.2) is 57.3 Å². The van der Waals surface area contributed by atoms with E-state index in [0.29, 0.717) is 13.2 Å². The van der Waals surface area contributed by atoms with Crippen molar-refractivity contribution >= 4 is 5.91 Å². The van der Waals surface area contributed by atoms with E-state index in [1.54, 1.807) is 14.0 Å². The molecule has 1 aromatic rings. The molecule has 130 valence electrons. The van der Waals surface area contributed by atoms with Gasteiger partial charge in [0, 0.05) is 26.3 Å². The van der Waals surface area contributed by atoms with E-state index in [4.69, 9.17) is 9.47 Å². The van der Waals surface area contributed by atoms with E-state index < -0.39 is 17.7 Å². The van der Waals surface area contributed by atoms with E-state index in [9.17, 15) is 13.6 Å². The smallest absolute Gasteiger partial charge is 0.260 e. The van der Waals surface area contributed by atoms with E-state index in [1.165, 1.54) is 6.07 Å². The number of carbonyl (C=O) groups is 1. The molecule has 0 aromatic heterocycles. The molecule has 0 aliphatic heterocycles. The number of methoxy groups -OCH3 is 1. The first kappa shape index (κ1) is 19.3. The van der Waals surface area contributed by atoms with Gasteiger partial charge in [-0.15, -0.1) is 0 Å². The number of ether oxygens (including phenoxy) is 2. The molecular weight excluding hydrogens is 306 g/mol. The highest BCUT2D eigenvalue weighted by atomic mass is 19.2. The summed E-state index contributed by atoms with van der Waals surface area (Å²) in [7, 11) is 3.64. The summed E-state index contributed by atoms with van der Waals surface area (Å²) in [5.41, 5.74) is 0. The third-order valence-corrected chi connectivity index (χ3v) is 3.27. The summed E-state index contributed by atoms with van der Waals surface area (Å²) in [5.74, 6) is -2.14. The van der Waals surface area contributed by atoms with Gasteiger partial charge in [-0.2, -0.15) is 0 Å². The fourth-order valence-corrected chi connectivity index (χ4v) is 1.87. The molecule has 0 heterocycles. The van der Waals surface area contributed by atoms with Crippen molar-refractivity contribution < 1.29 is 23.0 Å². The van der Waals surface area contributed by atoms with Crippen LogP contribution in [0.5, 0.6) is 5.75 Å². The van der Waals surface area contributed by atoms with Gasteiger partial charge in [-0.05, 0) is 39.1 Å². The van der Waals surface area contributed by atoms with E-state index in [0.717, 1.165) is 31.6 Å². The molecule has 5 nitrogen and oxygen atoms in total. The zero-order valence-corrected chi connectivity index (χ0v) is 13.8. The van der Waals surface area contributed by atoms with E-state index in [1.807, 2.05) is 7.05 Å². The third kappa shape index (κ3) is 7.38. The van der Waals surface area contributed by atoms with Gasteiger partial charge in [-0.1, -0.05) is 0 Å². The summed E-state index contributed by atoms with van der Waals surface area (Å²) in [6.45, 7) is 4.41. The van der Waals surface area contributed by atoms with Crippen LogP contribution in [0.2, 0.25) is 0 Å². The van der Waals surface area contributed by atoms with Gasteiger partial charge in [0.1, 0.15) is 5.75 Å². The number of hydrogen-bond acceptors (Lipinski definition) is 4. The minimum absolute atomic E-state index is 0.117. The largest absolute Gasteiger partial charge is 0.481 e. The monoisotopic (exact) mass is 330 g/mol. The maximum atomic E-state index is 13.1. The van der Waals surface area contributed by atoms with Crippen LogP contribution in [0, 0.1) is 11.6 Å². The lowest BCUT2D eigenvalue weighted by atomic mass is 10.3. The molecule has 1 aromatic carbocycles. The second kappa shape index (κ2) is 10.1. The Kier molecular flexibility index (Phi) is 8.50. The first-order valence-corrected chi connectivity index (χ1v) is 7.51. The summed E-state index contributed by atoms with van der Waals surface area (Å²) in [6.07, 6.45) is 0.00945. The Balaban J connectivity index is 2.27. The van der Waals surface area contributed by atoms with Gasteiger partial charge in [-0.25, -0.2) is 8.78 Å². The molecule has 0 aliphatic carbocycles. The molecule has 0 spiro atoms. The molecule has 1 N–H and O–H groups in total. The van der Waals surface area contributed by atoms with Gasteiger partial charge >= 0.3 is 0 Å². The fourth-order valence-electron chi connectivity index (χ4n) is 1.87. The predicted octanol–water partition coefficient (Wildman–Crippen LogP) is 1.82. The Morgan fingerprint density at radius 1 is 1.30 bits per heavy atom. The van der Waals surface area contributed by atoms with Crippen molar-refractivity contribution in [3.63, 3.8) is 0 Å². The molecule has 0 unspecified atom stereocenters. The Morgan fingerprint density at radius 3 is 2.70 bits per heavy atom. The molecule has 0 saturated carbocycles. The normalized spacial score (nSPS) is 12.3. The molecular formula is C16H24F2N2O3. The quantitative estimate of drug-likeness (QED) is 0.665. The van der Waals surface area contributed by atoms with Crippen LogP contribution in [0.25, 0.3) is 0 Å². The summed E-state index contributed by atoms with van der Waals surface area (Å²) >= 11 is 0. The van der Waals surface area contributed by atoms with Gasteiger partial charge < -0.3 is 19.7 Å². The third-order valence-electron chi connectivity index (χ3n) is 3.27. The van der Waals surface area contributed by atoms with Crippen molar-refractivity contribution in [2.45, 2.75) is 19.4 Å². The van der Waals surface area contributed by atoms with Crippen LogP contribution in [-0.2, 0) is 9.53 Å². The van der Waals surface area contributed by atoms with Crippen LogP contribution < -0.4 is 10.1 Å². The van der Waals surface area contributed by atoms with Gasteiger partial charge in [0.15, 0.2) is 17.7 Å².